The van der Waals surface area contributed by atoms with Crippen LogP contribution in [-0.4, -0.2) is 90.3 Å². The van der Waals surface area contributed by atoms with Crippen LogP contribution >= 0.6 is 0 Å². The number of ether oxygens (including phenoxy) is 1. The maximum Gasteiger partial charge on any atom is 0.318 e. The van der Waals surface area contributed by atoms with Gasteiger partial charge in [-0.1, -0.05) is 18.7 Å². The van der Waals surface area contributed by atoms with Crippen LogP contribution in [0.1, 0.15) is 54.5 Å². The zero-order valence-corrected chi connectivity index (χ0v) is 25.5. The molecular weight excluding hydrogens is 564 g/mol. The molecule has 0 N–H and O–H groups in total. The number of piperazine rings is 1. The van der Waals surface area contributed by atoms with Crippen LogP contribution in [0.5, 0.6) is 6.01 Å². The molecule has 0 unspecified atom stereocenters. The topological polar surface area (TPSA) is 88.8 Å². The Labute approximate surface area is 258 Å². The van der Waals surface area contributed by atoms with Crippen molar-refractivity contribution in [3.63, 3.8) is 0 Å². The molecule has 0 spiro atoms. The third-order valence-corrected chi connectivity index (χ3v) is 9.51. The second-order valence-corrected chi connectivity index (χ2v) is 12.7. The first-order valence-electron chi connectivity index (χ1n) is 15.8. The summed E-state index contributed by atoms with van der Waals surface area (Å²) in [7, 11) is 1.91. The Kier molecular flexibility index (Phi) is 8.72. The van der Waals surface area contributed by atoms with Gasteiger partial charge in [-0.05, 0) is 75.7 Å². The first kappa shape index (κ1) is 30.3. The predicted molar refractivity (Wildman–Crippen MR) is 164 cm³/mol. The highest BCUT2D eigenvalue weighted by Crippen LogP contribution is 2.36. The summed E-state index contributed by atoms with van der Waals surface area (Å²) in [5.74, 6) is -1.14. The number of benzene rings is 1. The van der Waals surface area contributed by atoms with E-state index in [0.29, 0.717) is 44.8 Å². The fraction of sp³-hybridized carbons (Fsp3) is 0.576. The largest absolute Gasteiger partial charge is 0.460 e. The summed E-state index contributed by atoms with van der Waals surface area (Å²) in [4.78, 5) is 30.0. The molecule has 2 fully saturated rings. The Morgan fingerprint density at radius 3 is 2.75 bits per heavy atom. The molecule has 2 aromatic rings. The van der Waals surface area contributed by atoms with Gasteiger partial charge in [0.05, 0.1) is 30.8 Å². The molecule has 234 valence electrons. The lowest BCUT2D eigenvalue weighted by atomic mass is 9.89. The molecule has 2 saturated heterocycles. The van der Waals surface area contributed by atoms with E-state index in [-0.39, 0.29) is 25.6 Å². The number of fused-ring (bicyclic) bond motifs is 2. The van der Waals surface area contributed by atoms with E-state index in [1.807, 2.05) is 16.8 Å². The van der Waals surface area contributed by atoms with Crippen LogP contribution in [0.15, 0.2) is 30.6 Å². The molecule has 6 rings (SSSR count). The van der Waals surface area contributed by atoms with E-state index in [2.05, 4.69) is 35.7 Å². The number of hydrogen-bond acceptors (Lipinski definition) is 8. The van der Waals surface area contributed by atoms with Crippen molar-refractivity contribution in [3.05, 3.63) is 53.0 Å². The first-order chi connectivity index (χ1) is 21.2. The maximum absolute atomic E-state index is 15.7. The average Bonchev–Trinajstić information content (AvgIpc) is 3.02. The summed E-state index contributed by atoms with van der Waals surface area (Å²) in [5.41, 5.74) is 4.44. The highest BCUT2D eigenvalue weighted by atomic mass is 19.1. The fourth-order valence-electron chi connectivity index (χ4n) is 7.35. The lowest BCUT2D eigenvalue weighted by molar-refractivity contribution is -0.131. The predicted octanol–water partition coefficient (Wildman–Crippen LogP) is 4.14. The number of nitrogens with zero attached hydrogens (tertiary/aromatic N) is 7. The van der Waals surface area contributed by atoms with E-state index in [1.165, 1.54) is 34.6 Å². The van der Waals surface area contributed by atoms with Gasteiger partial charge in [0.15, 0.2) is 11.5 Å². The third-order valence-electron chi connectivity index (χ3n) is 9.51. The molecular formula is C33H41F2N7O2. The van der Waals surface area contributed by atoms with E-state index < -0.39 is 23.4 Å². The highest BCUT2D eigenvalue weighted by molar-refractivity contribution is 5.91. The second-order valence-electron chi connectivity index (χ2n) is 12.7. The quantitative estimate of drug-likeness (QED) is 0.436. The summed E-state index contributed by atoms with van der Waals surface area (Å²) in [6, 6.07) is 8.32. The summed E-state index contributed by atoms with van der Waals surface area (Å²) in [6.45, 7) is 6.49. The molecule has 3 aliphatic heterocycles. The van der Waals surface area contributed by atoms with Gasteiger partial charge in [-0.25, -0.2) is 8.78 Å². The highest BCUT2D eigenvalue weighted by Gasteiger charge is 2.37. The Hall–Kier alpha value is -3.78. The number of halogens is 2. The second kappa shape index (κ2) is 12.7. The number of anilines is 2. The van der Waals surface area contributed by atoms with Crippen LogP contribution in [-0.2, 0) is 30.6 Å². The van der Waals surface area contributed by atoms with Gasteiger partial charge in [-0.2, -0.15) is 15.2 Å². The lowest BCUT2D eigenvalue weighted by Gasteiger charge is -2.42. The van der Waals surface area contributed by atoms with E-state index >= 15 is 4.39 Å². The number of aromatic nitrogens is 2. The normalized spacial score (nSPS) is 23.9. The van der Waals surface area contributed by atoms with Crippen LogP contribution in [0.2, 0.25) is 0 Å². The number of alkyl halides is 1. The van der Waals surface area contributed by atoms with Crippen LogP contribution in [0, 0.1) is 11.3 Å². The fourth-order valence-corrected chi connectivity index (χ4v) is 7.35. The molecule has 1 aromatic carbocycles. The number of piperidine rings is 1. The van der Waals surface area contributed by atoms with E-state index in [1.54, 1.807) is 0 Å². The standard InChI is InChI=1S/C33H41F2N7O2/c1-23(34)31(43)42-18-17-41(19-25(42)11-14-36)30-27-12-16-40(29-10-5-8-24-7-3-4-9-26(24)29)20-28(27)37-32(38-30)44-22-33(35)13-6-15-39(2)21-33/h5,8,10,25H,1,3-4,6-7,9,11-13,15-22H2,2H3/t25-,33-/m0/s1. The first-order valence-corrected chi connectivity index (χ1v) is 15.8. The van der Waals surface area contributed by atoms with Gasteiger partial charge in [0.25, 0.3) is 5.91 Å². The number of likely N-dealkylation sites (tertiary alicyclic amines) is 1. The molecule has 4 aliphatic rings. The molecule has 44 heavy (non-hydrogen) atoms. The molecule has 9 nitrogen and oxygen atoms in total. The van der Waals surface area contributed by atoms with Gasteiger partial charge in [0.1, 0.15) is 12.4 Å². The molecule has 0 radical (unpaired) electrons. The summed E-state index contributed by atoms with van der Waals surface area (Å²) in [6.07, 6.45) is 6.52. The molecule has 1 aliphatic carbocycles. The van der Waals surface area contributed by atoms with Crippen molar-refractivity contribution in [3.8, 4) is 12.1 Å². The molecule has 2 atom stereocenters. The number of aryl methyl sites for hydroxylation is 1. The smallest absolute Gasteiger partial charge is 0.318 e. The van der Waals surface area contributed by atoms with Gasteiger partial charge in [-0.3, -0.25) is 4.79 Å². The number of carbonyl (C=O) groups excluding carboxylic acids is 1. The van der Waals surface area contributed by atoms with Crippen LogP contribution in [0.4, 0.5) is 20.3 Å². The van der Waals surface area contributed by atoms with Crippen molar-refractivity contribution in [2.45, 2.75) is 69.6 Å². The molecule has 0 saturated carbocycles. The van der Waals surface area contributed by atoms with Gasteiger partial charge < -0.3 is 24.3 Å². The van der Waals surface area contributed by atoms with Crippen molar-refractivity contribution in [2.24, 2.45) is 0 Å². The summed E-state index contributed by atoms with van der Waals surface area (Å²) in [5, 5.41) is 9.50. The van der Waals surface area contributed by atoms with Crippen molar-refractivity contribution in [1.29, 1.82) is 5.26 Å². The Bertz CT molecular complexity index is 1460. The molecule has 4 heterocycles. The van der Waals surface area contributed by atoms with Gasteiger partial charge in [0.2, 0.25) is 0 Å². The number of nitriles is 1. The van der Waals surface area contributed by atoms with Gasteiger partial charge >= 0.3 is 6.01 Å². The van der Waals surface area contributed by atoms with E-state index in [9.17, 15) is 14.4 Å². The van der Waals surface area contributed by atoms with Crippen molar-refractivity contribution in [2.75, 3.05) is 62.7 Å². The van der Waals surface area contributed by atoms with Crippen LogP contribution in [0.25, 0.3) is 0 Å². The van der Waals surface area contributed by atoms with Crippen molar-refractivity contribution < 1.29 is 18.3 Å². The monoisotopic (exact) mass is 605 g/mol. The minimum absolute atomic E-state index is 0.0525. The van der Waals surface area contributed by atoms with Crippen LogP contribution < -0.4 is 14.5 Å². The SMILES string of the molecule is C=C(F)C(=O)N1CCN(c2nc(OC[C@]3(F)CCCN(C)C3)nc3c2CCN(c2cccc4c2CCCC4)C3)C[C@@H]1CC#N. The lowest BCUT2D eigenvalue weighted by Crippen LogP contribution is -2.55. The number of rotatable bonds is 7. The number of hydrogen-bond donors (Lipinski definition) is 0. The number of carbonyl (C=O) groups is 1. The van der Waals surface area contributed by atoms with Gasteiger partial charge in [0, 0.05) is 44.0 Å². The zero-order valence-electron chi connectivity index (χ0n) is 25.5. The van der Waals surface area contributed by atoms with E-state index in [0.717, 1.165) is 43.6 Å². The zero-order chi connectivity index (χ0) is 30.8. The Morgan fingerprint density at radius 1 is 1.11 bits per heavy atom. The summed E-state index contributed by atoms with van der Waals surface area (Å²) < 4.78 is 35.6. The molecule has 0 bridgehead atoms. The minimum atomic E-state index is -1.49. The third kappa shape index (κ3) is 6.23. The summed E-state index contributed by atoms with van der Waals surface area (Å²) >= 11 is 0. The minimum Gasteiger partial charge on any atom is -0.460 e. The van der Waals surface area contributed by atoms with Gasteiger partial charge in [-0.15, -0.1) is 0 Å². The van der Waals surface area contributed by atoms with E-state index in [4.69, 9.17) is 14.7 Å². The van der Waals surface area contributed by atoms with Crippen LogP contribution in [0.3, 0.4) is 0 Å². The average molecular weight is 606 g/mol. The Morgan fingerprint density at radius 2 is 1.95 bits per heavy atom. The molecule has 1 aromatic heterocycles. The maximum atomic E-state index is 15.7. The Balaban J connectivity index is 1.31. The van der Waals surface area contributed by atoms with Crippen molar-refractivity contribution in [1.82, 2.24) is 19.8 Å². The molecule has 1 amide bonds. The van der Waals surface area contributed by atoms with Crippen molar-refractivity contribution >= 4 is 17.4 Å². The molecule has 11 heteroatoms. The number of amides is 1.